The number of aliphatic hydroxyl groups is 1. The van der Waals surface area contributed by atoms with Crippen molar-refractivity contribution in [1.29, 1.82) is 0 Å². The Bertz CT molecular complexity index is 238. The topological polar surface area (TPSA) is 75.6 Å². The Morgan fingerprint density at radius 3 is 2.25 bits per heavy atom. The maximum Gasteiger partial charge on any atom is 0.328 e. The first-order chi connectivity index (χ1) is 7.38. The molecule has 5 heteroatoms. The van der Waals surface area contributed by atoms with Gasteiger partial charge in [-0.05, 0) is 19.8 Å². The highest BCUT2D eigenvalue weighted by Gasteiger charge is 2.25. The maximum atomic E-state index is 11.5. The number of esters is 1. The molecule has 0 radical (unpaired) electrons. The molecule has 0 unspecified atom stereocenters. The lowest BCUT2D eigenvalue weighted by Crippen LogP contribution is -2.45. The van der Waals surface area contributed by atoms with Crippen molar-refractivity contribution in [2.45, 2.75) is 46.3 Å². The normalized spacial score (nSPS) is 14.4. The fraction of sp³-hybridized carbons (Fsp3) is 0.818. The zero-order valence-electron chi connectivity index (χ0n) is 10.3. The van der Waals surface area contributed by atoms with Crippen LogP contribution in [0.25, 0.3) is 0 Å². The third-order valence-electron chi connectivity index (χ3n) is 2.00. The number of amides is 1. The lowest BCUT2D eigenvalue weighted by atomic mass is 10.0. The van der Waals surface area contributed by atoms with Gasteiger partial charge in [-0.3, -0.25) is 4.79 Å². The number of aliphatic hydroxyl groups excluding tert-OH is 1. The van der Waals surface area contributed by atoms with E-state index in [-0.39, 0.29) is 24.9 Å². The molecule has 0 aliphatic carbocycles. The van der Waals surface area contributed by atoms with Gasteiger partial charge in [-0.2, -0.15) is 0 Å². The Morgan fingerprint density at radius 1 is 1.31 bits per heavy atom. The molecule has 0 aliphatic heterocycles. The lowest BCUT2D eigenvalue weighted by molar-refractivity contribution is -0.148. The summed E-state index contributed by atoms with van der Waals surface area (Å²) in [6.07, 6.45) is -0.724. The summed E-state index contributed by atoms with van der Waals surface area (Å²) in [5.41, 5.74) is 0. The molecule has 0 saturated carbocycles. The maximum absolute atomic E-state index is 11.5. The third-order valence-corrected chi connectivity index (χ3v) is 2.00. The highest BCUT2D eigenvalue weighted by Crippen LogP contribution is 2.05. The summed E-state index contributed by atoms with van der Waals surface area (Å²) in [6.45, 7) is 7.17. The van der Waals surface area contributed by atoms with E-state index < -0.39 is 18.1 Å². The van der Waals surface area contributed by atoms with E-state index in [0.29, 0.717) is 0 Å². The minimum absolute atomic E-state index is 0.0113. The number of carbonyl (C=O) groups excluding carboxylic acids is 2. The van der Waals surface area contributed by atoms with Crippen molar-refractivity contribution in [3.8, 4) is 0 Å². The van der Waals surface area contributed by atoms with Crippen molar-refractivity contribution >= 4 is 11.9 Å². The predicted octanol–water partition coefficient (Wildman–Crippen LogP) is 0.461. The quantitative estimate of drug-likeness (QED) is 0.651. The van der Waals surface area contributed by atoms with Crippen LogP contribution in [-0.4, -0.2) is 35.7 Å². The molecule has 0 aliphatic rings. The molecule has 0 aromatic rings. The molecule has 94 valence electrons. The highest BCUT2D eigenvalue weighted by atomic mass is 16.5. The number of nitrogens with one attached hydrogen (secondary N) is 1. The summed E-state index contributed by atoms with van der Waals surface area (Å²) in [6, 6.07) is -0.647. The van der Waals surface area contributed by atoms with Crippen molar-refractivity contribution in [2.24, 2.45) is 5.92 Å². The molecule has 0 saturated heterocycles. The van der Waals surface area contributed by atoms with Crippen molar-refractivity contribution in [3.05, 3.63) is 0 Å². The molecule has 0 bridgehead atoms. The van der Waals surface area contributed by atoms with Gasteiger partial charge >= 0.3 is 5.97 Å². The van der Waals surface area contributed by atoms with Gasteiger partial charge < -0.3 is 15.2 Å². The van der Waals surface area contributed by atoms with Crippen LogP contribution < -0.4 is 5.32 Å². The third kappa shape index (κ3) is 5.70. The van der Waals surface area contributed by atoms with E-state index in [0.717, 1.165) is 0 Å². The van der Waals surface area contributed by atoms with E-state index >= 15 is 0 Å². The number of carbonyl (C=O) groups is 2. The van der Waals surface area contributed by atoms with Crippen molar-refractivity contribution in [3.63, 3.8) is 0 Å². The summed E-state index contributed by atoms with van der Waals surface area (Å²) in [5, 5.41) is 11.6. The van der Waals surface area contributed by atoms with Crippen LogP contribution >= 0.6 is 0 Å². The van der Waals surface area contributed by atoms with Crippen LogP contribution in [0.15, 0.2) is 0 Å². The summed E-state index contributed by atoms with van der Waals surface area (Å²) in [7, 11) is 0. The minimum atomic E-state index is -0.713. The van der Waals surface area contributed by atoms with E-state index in [4.69, 9.17) is 9.84 Å². The Balaban J connectivity index is 4.34. The highest BCUT2D eigenvalue weighted by molar-refractivity contribution is 5.84. The van der Waals surface area contributed by atoms with Crippen LogP contribution in [0.4, 0.5) is 0 Å². The molecule has 2 atom stereocenters. The molecule has 0 heterocycles. The van der Waals surface area contributed by atoms with E-state index in [2.05, 4.69) is 5.32 Å². The average molecular weight is 231 g/mol. The predicted molar refractivity (Wildman–Crippen MR) is 59.7 cm³/mol. The number of hydrogen-bond acceptors (Lipinski definition) is 4. The molecule has 16 heavy (non-hydrogen) atoms. The first-order valence-electron chi connectivity index (χ1n) is 5.52. The van der Waals surface area contributed by atoms with Gasteiger partial charge in [-0.25, -0.2) is 4.79 Å². The fourth-order valence-corrected chi connectivity index (χ4v) is 1.23. The van der Waals surface area contributed by atoms with Crippen molar-refractivity contribution in [2.75, 3.05) is 6.61 Å². The number of ether oxygens (including phenoxy) is 1. The molecule has 1 amide bonds. The largest absolute Gasteiger partial charge is 0.464 e. The SMILES string of the molecule is CCOC(=O)[C@@H](NC(=O)C[C@H](C)O)C(C)C. The van der Waals surface area contributed by atoms with Crippen LogP contribution in [0.3, 0.4) is 0 Å². The average Bonchev–Trinajstić information content (AvgIpc) is 2.12. The lowest BCUT2D eigenvalue weighted by Gasteiger charge is -2.20. The summed E-state index contributed by atoms with van der Waals surface area (Å²) < 4.78 is 4.86. The van der Waals surface area contributed by atoms with Gasteiger partial charge in [0.25, 0.3) is 0 Å². The van der Waals surface area contributed by atoms with Gasteiger partial charge in [0.1, 0.15) is 6.04 Å². The van der Waals surface area contributed by atoms with Gasteiger partial charge in [-0.1, -0.05) is 13.8 Å². The van der Waals surface area contributed by atoms with Gasteiger partial charge in [0.15, 0.2) is 0 Å². The Labute approximate surface area is 96.2 Å². The smallest absolute Gasteiger partial charge is 0.328 e. The fourth-order valence-electron chi connectivity index (χ4n) is 1.23. The monoisotopic (exact) mass is 231 g/mol. The molecule has 2 N–H and O–H groups in total. The molecule has 0 fully saturated rings. The zero-order chi connectivity index (χ0) is 12.7. The van der Waals surface area contributed by atoms with Crippen LogP contribution in [-0.2, 0) is 14.3 Å². The van der Waals surface area contributed by atoms with E-state index in [1.807, 2.05) is 13.8 Å². The Hall–Kier alpha value is -1.10. The molecular weight excluding hydrogens is 210 g/mol. The number of hydrogen-bond donors (Lipinski definition) is 2. The van der Waals surface area contributed by atoms with Gasteiger partial charge in [0.05, 0.1) is 19.1 Å². The summed E-state index contributed by atoms with van der Waals surface area (Å²) in [4.78, 5) is 22.9. The summed E-state index contributed by atoms with van der Waals surface area (Å²) >= 11 is 0. The standard InChI is InChI=1S/C11H21NO4/c1-5-16-11(15)10(7(2)3)12-9(14)6-8(4)13/h7-8,10,13H,5-6H2,1-4H3,(H,12,14)/t8-,10-/m0/s1. The molecule has 0 aromatic heterocycles. The van der Waals surface area contributed by atoms with E-state index in [1.54, 1.807) is 6.92 Å². The van der Waals surface area contributed by atoms with Crippen molar-refractivity contribution in [1.82, 2.24) is 5.32 Å². The second-order valence-electron chi connectivity index (χ2n) is 4.09. The minimum Gasteiger partial charge on any atom is -0.464 e. The van der Waals surface area contributed by atoms with Gasteiger partial charge in [0, 0.05) is 0 Å². The Morgan fingerprint density at radius 2 is 1.88 bits per heavy atom. The first kappa shape index (κ1) is 14.9. The molecule has 0 rings (SSSR count). The van der Waals surface area contributed by atoms with Crippen molar-refractivity contribution < 1.29 is 19.4 Å². The van der Waals surface area contributed by atoms with Crippen LogP contribution in [0, 0.1) is 5.92 Å². The van der Waals surface area contributed by atoms with E-state index in [9.17, 15) is 9.59 Å². The molecule has 0 aromatic carbocycles. The second-order valence-corrected chi connectivity index (χ2v) is 4.09. The first-order valence-corrected chi connectivity index (χ1v) is 5.52. The van der Waals surface area contributed by atoms with E-state index in [1.165, 1.54) is 6.92 Å². The van der Waals surface area contributed by atoms with Crippen LogP contribution in [0.2, 0.25) is 0 Å². The number of rotatable bonds is 6. The van der Waals surface area contributed by atoms with Crippen LogP contribution in [0.5, 0.6) is 0 Å². The van der Waals surface area contributed by atoms with Gasteiger partial charge in [0.2, 0.25) is 5.91 Å². The Kier molecular flexibility index (Phi) is 6.72. The van der Waals surface area contributed by atoms with Gasteiger partial charge in [-0.15, -0.1) is 0 Å². The molecule has 5 nitrogen and oxygen atoms in total. The molecule has 0 spiro atoms. The zero-order valence-corrected chi connectivity index (χ0v) is 10.3. The summed E-state index contributed by atoms with van der Waals surface area (Å²) in [5.74, 6) is -0.824. The molecular formula is C11H21NO4. The van der Waals surface area contributed by atoms with Crippen LogP contribution in [0.1, 0.15) is 34.1 Å². The second kappa shape index (κ2) is 7.22.